The van der Waals surface area contributed by atoms with Crippen molar-refractivity contribution in [1.29, 1.82) is 0 Å². The van der Waals surface area contributed by atoms with Gasteiger partial charge >= 0.3 is 16.3 Å². The molecule has 0 spiro atoms. The summed E-state index contributed by atoms with van der Waals surface area (Å²) in [6.45, 7) is 1.76. The average Bonchev–Trinajstić information content (AvgIpc) is 2.38. The maximum Gasteiger partial charge on any atom is 0.306 e. The van der Waals surface area contributed by atoms with Gasteiger partial charge in [0.25, 0.3) is 0 Å². The van der Waals surface area contributed by atoms with E-state index >= 15 is 0 Å². The van der Waals surface area contributed by atoms with Crippen LogP contribution in [-0.2, 0) is 10.2 Å². The van der Waals surface area contributed by atoms with Crippen LogP contribution in [0.3, 0.4) is 0 Å². The van der Waals surface area contributed by atoms with Crippen LogP contribution in [0.15, 0.2) is 18.2 Å². The second kappa shape index (κ2) is 3.01. The van der Waals surface area contributed by atoms with Crippen LogP contribution in [0.1, 0.15) is 5.56 Å². The topological polar surface area (TPSA) is 78.0 Å². The van der Waals surface area contributed by atoms with Crippen LogP contribution in [0.5, 0.6) is 0 Å². The van der Waals surface area contributed by atoms with E-state index in [9.17, 15) is 12.8 Å². The second-order valence-corrected chi connectivity index (χ2v) is 4.58. The molecule has 2 rings (SSSR count). The van der Waals surface area contributed by atoms with Crippen LogP contribution in [0, 0.1) is 13.0 Å². The number of aryl methyl sites for hydroxylation is 1. The lowest BCUT2D eigenvalue weighted by atomic mass is 10.2. The number of hydrogen-bond acceptors (Lipinski definition) is 3. The highest BCUT2D eigenvalue weighted by Crippen LogP contribution is 2.17. The molecule has 2 aromatic rings. The SMILES string of the molecule is Cc1ccc2nc(F)n(S(N)(=O)=O)c2c1. The van der Waals surface area contributed by atoms with Crippen LogP contribution in [0.2, 0.25) is 0 Å². The molecular weight excluding hydrogens is 221 g/mol. The Balaban J connectivity index is 2.95. The standard InChI is InChI=1S/C8H8FN3O2S/c1-5-2-3-6-7(4-5)12(8(9)11-6)15(10,13)14/h2-4H,1H3,(H2,10,13,14). The minimum atomic E-state index is -4.15. The van der Waals surface area contributed by atoms with Crippen molar-refractivity contribution < 1.29 is 12.8 Å². The minimum Gasteiger partial charge on any atom is -0.211 e. The summed E-state index contributed by atoms with van der Waals surface area (Å²) in [4.78, 5) is 3.46. The number of nitrogens with two attached hydrogens (primary N) is 1. The molecule has 0 unspecified atom stereocenters. The van der Waals surface area contributed by atoms with Crippen molar-refractivity contribution >= 4 is 21.2 Å². The van der Waals surface area contributed by atoms with Crippen LogP contribution in [-0.4, -0.2) is 17.4 Å². The van der Waals surface area contributed by atoms with Gasteiger partial charge < -0.3 is 0 Å². The van der Waals surface area contributed by atoms with Gasteiger partial charge in [0.15, 0.2) is 0 Å². The lowest BCUT2D eigenvalue weighted by Gasteiger charge is -2.00. The van der Waals surface area contributed by atoms with E-state index in [0.717, 1.165) is 5.56 Å². The lowest BCUT2D eigenvalue weighted by Crippen LogP contribution is -2.23. The molecule has 0 saturated carbocycles. The third kappa shape index (κ3) is 1.59. The number of hydrogen-bond donors (Lipinski definition) is 1. The van der Waals surface area contributed by atoms with Gasteiger partial charge in [-0.25, -0.2) is 10.1 Å². The Bertz CT molecular complexity index is 633. The van der Waals surface area contributed by atoms with E-state index in [0.29, 0.717) is 3.97 Å². The molecule has 1 heterocycles. The molecular formula is C8H8FN3O2S. The van der Waals surface area contributed by atoms with Crippen molar-refractivity contribution in [3.63, 3.8) is 0 Å². The molecule has 80 valence electrons. The predicted octanol–water partition coefficient (Wildman–Crippen LogP) is 0.535. The summed E-state index contributed by atoms with van der Waals surface area (Å²) in [6, 6.07) is 4.76. The fraction of sp³-hybridized carbons (Fsp3) is 0.125. The van der Waals surface area contributed by atoms with E-state index in [2.05, 4.69) is 4.98 Å². The number of fused-ring (bicyclic) bond motifs is 1. The first kappa shape index (κ1) is 10.1. The number of nitrogens with zero attached hydrogens (tertiary/aromatic N) is 2. The smallest absolute Gasteiger partial charge is 0.211 e. The molecule has 7 heteroatoms. The maximum absolute atomic E-state index is 13.2. The molecule has 0 atom stereocenters. The van der Waals surface area contributed by atoms with Gasteiger partial charge in [0.05, 0.1) is 11.0 Å². The quantitative estimate of drug-likeness (QED) is 0.775. The molecule has 1 aromatic carbocycles. The molecule has 0 fully saturated rings. The van der Waals surface area contributed by atoms with E-state index in [1.54, 1.807) is 13.0 Å². The summed E-state index contributed by atoms with van der Waals surface area (Å²) in [7, 11) is -4.15. The van der Waals surface area contributed by atoms with Gasteiger partial charge in [-0.05, 0) is 24.6 Å². The first-order valence-corrected chi connectivity index (χ1v) is 5.58. The fourth-order valence-corrected chi connectivity index (χ4v) is 2.05. The zero-order valence-electron chi connectivity index (χ0n) is 7.81. The summed E-state index contributed by atoms with van der Waals surface area (Å²) in [6.07, 6.45) is -1.13. The fourth-order valence-electron chi connectivity index (χ4n) is 1.38. The van der Waals surface area contributed by atoms with E-state index in [-0.39, 0.29) is 11.0 Å². The Morgan fingerprint density at radius 3 is 2.73 bits per heavy atom. The van der Waals surface area contributed by atoms with Crippen molar-refractivity contribution in [1.82, 2.24) is 8.96 Å². The third-order valence-corrected chi connectivity index (χ3v) is 2.84. The van der Waals surface area contributed by atoms with Gasteiger partial charge in [-0.1, -0.05) is 6.07 Å². The van der Waals surface area contributed by atoms with Gasteiger partial charge in [0.1, 0.15) is 0 Å². The number of aromatic nitrogens is 2. The van der Waals surface area contributed by atoms with Gasteiger partial charge in [-0.15, -0.1) is 0 Å². The van der Waals surface area contributed by atoms with Crippen molar-refractivity contribution in [2.24, 2.45) is 5.14 Å². The molecule has 15 heavy (non-hydrogen) atoms. The average molecular weight is 229 g/mol. The molecule has 1 aromatic heterocycles. The first-order valence-electron chi connectivity index (χ1n) is 4.07. The Morgan fingerprint density at radius 1 is 1.47 bits per heavy atom. The van der Waals surface area contributed by atoms with Crippen LogP contribution >= 0.6 is 0 Å². The van der Waals surface area contributed by atoms with Crippen molar-refractivity contribution in [2.75, 3.05) is 0 Å². The number of halogens is 1. The molecule has 5 nitrogen and oxygen atoms in total. The van der Waals surface area contributed by atoms with Crippen molar-refractivity contribution in [3.8, 4) is 0 Å². The molecule has 0 radical (unpaired) electrons. The number of benzene rings is 1. The highest BCUT2D eigenvalue weighted by atomic mass is 32.2. The molecule has 0 bridgehead atoms. The third-order valence-electron chi connectivity index (χ3n) is 1.98. The summed E-state index contributed by atoms with van der Waals surface area (Å²) in [5.41, 5.74) is 1.20. The Morgan fingerprint density at radius 2 is 2.13 bits per heavy atom. The molecule has 0 aliphatic carbocycles. The van der Waals surface area contributed by atoms with E-state index in [4.69, 9.17) is 5.14 Å². The van der Waals surface area contributed by atoms with Gasteiger partial charge in [-0.2, -0.15) is 16.8 Å². The normalized spacial score (nSPS) is 12.2. The zero-order chi connectivity index (χ0) is 11.2. The largest absolute Gasteiger partial charge is 0.306 e. The van der Waals surface area contributed by atoms with Gasteiger partial charge in [-0.3, -0.25) is 0 Å². The molecule has 0 aliphatic rings. The van der Waals surface area contributed by atoms with E-state index in [1.807, 2.05) is 0 Å². The van der Waals surface area contributed by atoms with Crippen LogP contribution in [0.4, 0.5) is 4.39 Å². The van der Waals surface area contributed by atoms with Crippen LogP contribution < -0.4 is 5.14 Å². The van der Waals surface area contributed by atoms with Crippen molar-refractivity contribution in [3.05, 3.63) is 29.8 Å². The van der Waals surface area contributed by atoms with Gasteiger partial charge in [0.2, 0.25) is 0 Å². The molecule has 0 aliphatic heterocycles. The van der Waals surface area contributed by atoms with Crippen LogP contribution in [0.25, 0.3) is 11.0 Å². The molecule has 2 N–H and O–H groups in total. The van der Waals surface area contributed by atoms with E-state index in [1.165, 1.54) is 12.1 Å². The Kier molecular flexibility index (Phi) is 2.02. The Labute approximate surface area is 85.5 Å². The highest BCUT2D eigenvalue weighted by Gasteiger charge is 2.18. The summed E-state index contributed by atoms with van der Waals surface area (Å²) < 4.78 is 35.8. The summed E-state index contributed by atoms with van der Waals surface area (Å²) in [5.74, 6) is 0. The zero-order valence-corrected chi connectivity index (χ0v) is 8.62. The minimum absolute atomic E-state index is 0.148. The number of imidazole rings is 1. The molecule has 0 amide bonds. The maximum atomic E-state index is 13.2. The number of rotatable bonds is 1. The monoisotopic (exact) mass is 229 g/mol. The Hall–Kier alpha value is -1.47. The first-order chi connectivity index (χ1) is 6.89. The predicted molar refractivity (Wildman–Crippen MR) is 52.9 cm³/mol. The molecule has 0 saturated heterocycles. The second-order valence-electron chi connectivity index (χ2n) is 3.18. The summed E-state index contributed by atoms with van der Waals surface area (Å²) >= 11 is 0. The highest BCUT2D eigenvalue weighted by molar-refractivity contribution is 7.87. The van der Waals surface area contributed by atoms with E-state index < -0.39 is 16.3 Å². The lowest BCUT2D eigenvalue weighted by molar-refractivity contribution is 0.522. The van der Waals surface area contributed by atoms with Crippen molar-refractivity contribution in [2.45, 2.75) is 6.92 Å². The van der Waals surface area contributed by atoms with Gasteiger partial charge in [0, 0.05) is 0 Å². The summed E-state index contributed by atoms with van der Waals surface area (Å²) in [5, 5.41) is 4.87.